The molecule has 0 unspecified atom stereocenters. The number of pyridine rings is 1. The first-order valence-electron chi connectivity index (χ1n) is 10.1. The van der Waals surface area contributed by atoms with Crippen molar-refractivity contribution in [1.82, 2.24) is 20.1 Å². The third-order valence-corrected chi connectivity index (χ3v) is 5.67. The van der Waals surface area contributed by atoms with Crippen molar-refractivity contribution in [2.45, 2.75) is 38.6 Å². The fourth-order valence-electron chi connectivity index (χ4n) is 3.99. The number of hydrogen-bond acceptors (Lipinski definition) is 8. The Hall–Kier alpha value is -2.19. The first kappa shape index (κ1) is 19.1. The molecule has 0 atom stereocenters. The van der Waals surface area contributed by atoms with Crippen LogP contribution in [-0.4, -0.2) is 72.6 Å². The van der Waals surface area contributed by atoms with Gasteiger partial charge in [-0.25, -0.2) is 0 Å². The summed E-state index contributed by atoms with van der Waals surface area (Å²) in [5.74, 6) is 1.56. The van der Waals surface area contributed by atoms with Gasteiger partial charge in [0.1, 0.15) is 11.4 Å². The summed E-state index contributed by atoms with van der Waals surface area (Å²) in [5, 5.41) is 8.48. The minimum atomic E-state index is 0.336. The summed E-state index contributed by atoms with van der Waals surface area (Å²) in [4.78, 5) is 9.22. The molecule has 0 spiro atoms. The summed E-state index contributed by atoms with van der Waals surface area (Å²) in [6, 6.07) is 3.07. The number of anilines is 1. The van der Waals surface area contributed by atoms with Gasteiger partial charge in [-0.05, 0) is 18.8 Å². The molecule has 0 radical (unpaired) electrons. The molecule has 2 saturated heterocycles. The quantitative estimate of drug-likeness (QED) is 0.775. The molecule has 0 saturated carbocycles. The molecule has 28 heavy (non-hydrogen) atoms. The highest BCUT2D eigenvalue weighted by atomic mass is 16.5. The van der Waals surface area contributed by atoms with Gasteiger partial charge in [0.2, 0.25) is 0 Å². The Kier molecular flexibility index (Phi) is 5.77. The van der Waals surface area contributed by atoms with Crippen molar-refractivity contribution < 1.29 is 13.9 Å². The van der Waals surface area contributed by atoms with Crippen LogP contribution in [0.4, 0.5) is 6.01 Å². The lowest BCUT2D eigenvalue weighted by Crippen LogP contribution is -2.49. The number of hydrogen-bond donors (Lipinski definition) is 0. The second-order valence-corrected chi connectivity index (χ2v) is 7.72. The first-order chi connectivity index (χ1) is 13.7. The second kappa shape index (κ2) is 8.45. The van der Waals surface area contributed by atoms with Crippen LogP contribution in [0.3, 0.4) is 0 Å². The third kappa shape index (κ3) is 3.98. The van der Waals surface area contributed by atoms with Crippen molar-refractivity contribution >= 4 is 6.01 Å². The molecule has 8 heteroatoms. The van der Waals surface area contributed by atoms with E-state index < -0.39 is 0 Å². The van der Waals surface area contributed by atoms with E-state index >= 15 is 0 Å². The Morgan fingerprint density at radius 2 is 1.86 bits per heavy atom. The van der Waals surface area contributed by atoms with Gasteiger partial charge in [0.15, 0.2) is 0 Å². The zero-order valence-electron chi connectivity index (χ0n) is 16.9. The Morgan fingerprint density at radius 3 is 2.54 bits per heavy atom. The predicted octanol–water partition coefficient (Wildman–Crippen LogP) is 2.56. The lowest BCUT2D eigenvalue weighted by Gasteiger charge is -2.39. The first-order valence-corrected chi connectivity index (χ1v) is 10.1. The van der Waals surface area contributed by atoms with E-state index in [2.05, 4.69) is 38.8 Å². The van der Waals surface area contributed by atoms with Crippen molar-refractivity contribution in [3.05, 3.63) is 17.8 Å². The number of aromatic nitrogens is 3. The van der Waals surface area contributed by atoms with Gasteiger partial charge in [0.05, 0.1) is 20.3 Å². The third-order valence-electron chi connectivity index (χ3n) is 5.67. The van der Waals surface area contributed by atoms with Crippen LogP contribution in [0.15, 0.2) is 16.7 Å². The minimum absolute atomic E-state index is 0.336. The zero-order chi connectivity index (χ0) is 19.5. The lowest BCUT2D eigenvalue weighted by molar-refractivity contribution is 0.0113. The SMILES string of the molecule is COc1cc(-c2nnc(N3CCC(N4CCOCC4)CC3)o2)ncc1C(C)C. The van der Waals surface area contributed by atoms with Crippen molar-refractivity contribution in [3.63, 3.8) is 0 Å². The Bertz CT molecular complexity index is 780. The second-order valence-electron chi connectivity index (χ2n) is 7.72. The Labute approximate surface area is 165 Å². The van der Waals surface area contributed by atoms with E-state index in [9.17, 15) is 0 Å². The van der Waals surface area contributed by atoms with Crippen LogP contribution < -0.4 is 9.64 Å². The monoisotopic (exact) mass is 387 g/mol. The van der Waals surface area contributed by atoms with Crippen molar-refractivity contribution in [3.8, 4) is 17.3 Å². The van der Waals surface area contributed by atoms with Crippen LogP contribution in [0, 0.1) is 0 Å². The molecule has 2 aromatic rings. The fourth-order valence-corrected chi connectivity index (χ4v) is 3.99. The van der Waals surface area contributed by atoms with E-state index in [1.807, 2.05) is 12.3 Å². The average Bonchev–Trinajstić information content (AvgIpc) is 3.24. The highest BCUT2D eigenvalue weighted by molar-refractivity contribution is 5.53. The summed E-state index contributed by atoms with van der Waals surface area (Å²) in [7, 11) is 1.67. The molecule has 2 aliphatic rings. The molecule has 0 aromatic carbocycles. The summed E-state index contributed by atoms with van der Waals surface area (Å²) in [5.41, 5.74) is 1.71. The van der Waals surface area contributed by atoms with Crippen molar-refractivity contribution in [2.24, 2.45) is 0 Å². The molecule has 2 aliphatic heterocycles. The van der Waals surface area contributed by atoms with Crippen LogP contribution in [0.1, 0.15) is 38.2 Å². The molecule has 4 heterocycles. The van der Waals surface area contributed by atoms with Gasteiger partial charge in [-0.15, -0.1) is 5.10 Å². The van der Waals surface area contributed by atoms with E-state index in [4.69, 9.17) is 13.9 Å². The number of ether oxygens (including phenoxy) is 2. The molecule has 0 amide bonds. The average molecular weight is 387 g/mol. The molecule has 152 valence electrons. The standard InChI is InChI=1S/C20H29N5O3/c1-14(2)16-13-21-17(12-18(16)26-3)19-22-23-20(28-19)25-6-4-15(5-7-25)24-8-10-27-11-9-24/h12-15H,4-11H2,1-3H3. The molecular weight excluding hydrogens is 358 g/mol. The molecule has 0 aliphatic carbocycles. The van der Waals surface area contributed by atoms with Gasteiger partial charge < -0.3 is 18.8 Å². The number of rotatable bonds is 5. The summed E-state index contributed by atoms with van der Waals surface area (Å²) < 4.78 is 16.9. The summed E-state index contributed by atoms with van der Waals surface area (Å²) in [6.45, 7) is 9.84. The van der Waals surface area contributed by atoms with Gasteiger partial charge in [0.25, 0.3) is 5.89 Å². The number of piperidine rings is 1. The van der Waals surface area contributed by atoms with Crippen LogP contribution >= 0.6 is 0 Å². The summed E-state index contributed by atoms with van der Waals surface area (Å²) in [6.07, 6.45) is 4.04. The van der Waals surface area contributed by atoms with Gasteiger partial charge in [-0.2, -0.15) is 0 Å². The zero-order valence-corrected chi connectivity index (χ0v) is 16.9. The van der Waals surface area contributed by atoms with Gasteiger partial charge >= 0.3 is 6.01 Å². The van der Waals surface area contributed by atoms with Crippen LogP contribution in [-0.2, 0) is 4.74 Å². The molecule has 2 fully saturated rings. The normalized spacial score (nSPS) is 19.4. The number of nitrogens with zero attached hydrogens (tertiary/aromatic N) is 5. The van der Waals surface area contributed by atoms with Gasteiger partial charge in [-0.3, -0.25) is 9.88 Å². The maximum atomic E-state index is 5.94. The largest absolute Gasteiger partial charge is 0.496 e. The molecule has 4 rings (SSSR count). The van der Waals surface area contributed by atoms with Crippen LogP contribution in [0.25, 0.3) is 11.6 Å². The van der Waals surface area contributed by atoms with E-state index in [1.165, 1.54) is 0 Å². The summed E-state index contributed by atoms with van der Waals surface area (Å²) >= 11 is 0. The molecule has 0 N–H and O–H groups in total. The van der Waals surface area contributed by atoms with Crippen LogP contribution in [0.5, 0.6) is 5.75 Å². The minimum Gasteiger partial charge on any atom is -0.496 e. The van der Waals surface area contributed by atoms with E-state index in [0.717, 1.165) is 63.5 Å². The smallest absolute Gasteiger partial charge is 0.318 e. The fraction of sp³-hybridized carbons (Fsp3) is 0.650. The maximum absolute atomic E-state index is 5.94. The highest BCUT2D eigenvalue weighted by Gasteiger charge is 2.28. The highest BCUT2D eigenvalue weighted by Crippen LogP contribution is 2.30. The lowest BCUT2D eigenvalue weighted by atomic mass is 10.0. The predicted molar refractivity (Wildman–Crippen MR) is 106 cm³/mol. The van der Waals surface area contributed by atoms with E-state index in [1.54, 1.807) is 7.11 Å². The number of methoxy groups -OCH3 is 1. The maximum Gasteiger partial charge on any atom is 0.318 e. The van der Waals surface area contributed by atoms with Crippen molar-refractivity contribution in [1.29, 1.82) is 0 Å². The Balaban J connectivity index is 1.42. The van der Waals surface area contributed by atoms with E-state index in [-0.39, 0.29) is 0 Å². The van der Waals surface area contributed by atoms with Crippen molar-refractivity contribution in [2.75, 3.05) is 51.4 Å². The van der Waals surface area contributed by atoms with E-state index in [0.29, 0.717) is 29.6 Å². The number of morpholine rings is 1. The van der Waals surface area contributed by atoms with Gasteiger partial charge in [-0.1, -0.05) is 18.9 Å². The van der Waals surface area contributed by atoms with Gasteiger partial charge in [0, 0.05) is 50.0 Å². The Morgan fingerprint density at radius 1 is 1.11 bits per heavy atom. The van der Waals surface area contributed by atoms with Crippen LogP contribution in [0.2, 0.25) is 0 Å². The molecule has 2 aromatic heterocycles. The molecule has 0 bridgehead atoms. The topological polar surface area (TPSA) is 76.8 Å². The molecule has 8 nitrogen and oxygen atoms in total. The molecular formula is C20H29N5O3.